The first-order valence-electron chi connectivity index (χ1n) is 6.56. The van der Waals surface area contributed by atoms with Crippen LogP contribution in [-0.2, 0) is 6.42 Å². The van der Waals surface area contributed by atoms with Gasteiger partial charge in [-0.2, -0.15) is 0 Å². The van der Waals surface area contributed by atoms with E-state index in [0.717, 1.165) is 6.07 Å². The molecule has 22 heavy (non-hydrogen) atoms. The van der Waals surface area contributed by atoms with Crippen molar-refractivity contribution in [3.05, 3.63) is 64.2 Å². The standard InChI is InChI=1S/C16H14ClF2NO2/c1-22-15-8-11(17)2-3-14(15)16(21)20-5-4-10-6-12(18)9-13(19)7-10/h2-3,6-9H,4-5H2,1H3,(H,20,21). The van der Waals surface area contributed by atoms with Crippen LogP contribution >= 0.6 is 11.6 Å². The van der Waals surface area contributed by atoms with Gasteiger partial charge < -0.3 is 10.1 Å². The number of benzene rings is 2. The van der Waals surface area contributed by atoms with E-state index in [1.165, 1.54) is 19.2 Å². The van der Waals surface area contributed by atoms with Gasteiger partial charge in [0.2, 0.25) is 0 Å². The Hall–Kier alpha value is -2.14. The van der Waals surface area contributed by atoms with E-state index in [-0.39, 0.29) is 12.5 Å². The molecule has 0 saturated heterocycles. The van der Waals surface area contributed by atoms with Gasteiger partial charge in [-0.1, -0.05) is 11.6 Å². The molecule has 2 rings (SSSR count). The Kier molecular flexibility index (Phi) is 5.33. The number of amides is 1. The summed E-state index contributed by atoms with van der Waals surface area (Å²) in [5.41, 5.74) is 0.818. The summed E-state index contributed by atoms with van der Waals surface area (Å²) in [6.45, 7) is 0.244. The first-order chi connectivity index (χ1) is 10.5. The van der Waals surface area contributed by atoms with Crippen molar-refractivity contribution in [1.29, 1.82) is 0 Å². The average molecular weight is 326 g/mol. The lowest BCUT2D eigenvalue weighted by Crippen LogP contribution is -2.26. The Morgan fingerprint density at radius 1 is 1.18 bits per heavy atom. The molecule has 0 radical (unpaired) electrons. The Labute approximate surface area is 131 Å². The minimum Gasteiger partial charge on any atom is -0.496 e. The van der Waals surface area contributed by atoms with Gasteiger partial charge in [0.05, 0.1) is 12.7 Å². The average Bonchev–Trinajstić information content (AvgIpc) is 2.45. The summed E-state index contributed by atoms with van der Waals surface area (Å²) in [5.74, 6) is -1.26. The molecule has 0 atom stereocenters. The fourth-order valence-corrected chi connectivity index (χ4v) is 2.19. The summed E-state index contributed by atoms with van der Waals surface area (Å²) in [4.78, 5) is 12.1. The van der Waals surface area contributed by atoms with E-state index in [4.69, 9.17) is 16.3 Å². The molecule has 1 amide bonds. The third kappa shape index (κ3) is 4.18. The summed E-state index contributed by atoms with van der Waals surface area (Å²) < 4.78 is 31.2. The third-order valence-electron chi connectivity index (χ3n) is 3.03. The Morgan fingerprint density at radius 2 is 1.86 bits per heavy atom. The lowest BCUT2D eigenvalue weighted by atomic mass is 10.1. The molecule has 0 aromatic heterocycles. The van der Waals surface area contributed by atoms with E-state index >= 15 is 0 Å². The second kappa shape index (κ2) is 7.22. The van der Waals surface area contributed by atoms with Crippen molar-refractivity contribution in [3.8, 4) is 5.75 Å². The zero-order valence-corrected chi connectivity index (χ0v) is 12.6. The van der Waals surface area contributed by atoms with Crippen LogP contribution in [0.25, 0.3) is 0 Å². The number of hydrogen-bond donors (Lipinski definition) is 1. The van der Waals surface area contributed by atoms with Crippen LogP contribution < -0.4 is 10.1 Å². The van der Waals surface area contributed by atoms with Crippen molar-refractivity contribution in [3.63, 3.8) is 0 Å². The third-order valence-corrected chi connectivity index (χ3v) is 3.26. The van der Waals surface area contributed by atoms with Gasteiger partial charge in [0.25, 0.3) is 5.91 Å². The number of nitrogens with one attached hydrogen (secondary N) is 1. The lowest BCUT2D eigenvalue weighted by Gasteiger charge is -2.10. The highest BCUT2D eigenvalue weighted by Gasteiger charge is 2.12. The molecule has 6 heteroatoms. The number of ether oxygens (including phenoxy) is 1. The van der Waals surface area contributed by atoms with Gasteiger partial charge in [-0.3, -0.25) is 4.79 Å². The van der Waals surface area contributed by atoms with Gasteiger partial charge in [0.1, 0.15) is 17.4 Å². The van der Waals surface area contributed by atoms with Crippen LogP contribution in [0.3, 0.4) is 0 Å². The van der Waals surface area contributed by atoms with Gasteiger partial charge in [-0.25, -0.2) is 8.78 Å². The molecule has 3 nitrogen and oxygen atoms in total. The number of methoxy groups -OCH3 is 1. The summed E-state index contributed by atoms with van der Waals surface area (Å²) in [5, 5.41) is 3.14. The summed E-state index contributed by atoms with van der Waals surface area (Å²) in [7, 11) is 1.44. The molecule has 2 aromatic rings. The van der Waals surface area contributed by atoms with E-state index in [9.17, 15) is 13.6 Å². The van der Waals surface area contributed by atoms with Crippen molar-refractivity contribution < 1.29 is 18.3 Å². The van der Waals surface area contributed by atoms with Crippen molar-refractivity contribution in [1.82, 2.24) is 5.32 Å². The zero-order chi connectivity index (χ0) is 16.1. The molecule has 0 unspecified atom stereocenters. The second-order valence-electron chi connectivity index (χ2n) is 4.63. The van der Waals surface area contributed by atoms with E-state index in [0.29, 0.717) is 28.3 Å². The first kappa shape index (κ1) is 16.2. The van der Waals surface area contributed by atoms with E-state index in [1.54, 1.807) is 18.2 Å². The van der Waals surface area contributed by atoms with Crippen molar-refractivity contribution in [2.45, 2.75) is 6.42 Å². The first-order valence-corrected chi connectivity index (χ1v) is 6.94. The summed E-state index contributed by atoms with van der Waals surface area (Å²) >= 11 is 5.83. The number of halogens is 3. The van der Waals surface area contributed by atoms with Crippen LogP contribution in [0.4, 0.5) is 8.78 Å². The van der Waals surface area contributed by atoms with Crippen LogP contribution in [0.1, 0.15) is 15.9 Å². The molecule has 0 aliphatic carbocycles. The number of rotatable bonds is 5. The predicted octanol–water partition coefficient (Wildman–Crippen LogP) is 3.60. The number of hydrogen-bond acceptors (Lipinski definition) is 2. The van der Waals surface area contributed by atoms with Gasteiger partial charge in [0.15, 0.2) is 0 Å². The van der Waals surface area contributed by atoms with Gasteiger partial charge in [-0.05, 0) is 42.3 Å². The minimum absolute atomic E-state index is 0.244. The van der Waals surface area contributed by atoms with Crippen LogP contribution in [0.5, 0.6) is 5.75 Å². The topological polar surface area (TPSA) is 38.3 Å². The van der Waals surface area contributed by atoms with Gasteiger partial charge in [-0.15, -0.1) is 0 Å². The van der Waals surface area contributed by atoms with E-state index in [1.807, 2.05) is 0 Å². The molecule has 0 aliphatic rings. The van der Waals surface area contributed by atoms with Crippen LogP contribution in [0.15, 0.2) is 36.4 Å². The molecule has 2 aromatic carbocycles. The fourth-order valence-electron chi connectivity index (χ4n) is 2.02. The highest BCUT2D eigenvalue weighted by atomic mass is 35.5. The molecule has 0 fully saturated rings. The molecule has 0 saturated carbocycles. The van der Waals surface area contributed by atoms with E-state index in [2.05, 4.69) is 5.32 Å². The van der Waals surface area contributed by atoms with Gasteiger partial charge >= 0.3 is 0 Å². The largest absolute Gasteiger partial charge is 0.496 e. The van der Waals surface area contributed by atoms with Crippen molar-refractivity contribution >= 4 is 17.5 Å². The monoisotopic (exact) mass is 325 g/mol. The smallest absolute Gasteiger partial charge is 0.255 e. The highest BCUT2D eigenvalue weighted by Crippen LogP contribution is 2.22. The van der Waals surface area contributed by atoms with E-state index < -0.39 is 11.6 Å². The predicted molar refractivity (Wildman–Crippen MR) is 80.4 cm³/mol. The lowest BCUT2D eigenvalue weighted by molar-refractivity contribution is 0.0951. The SMILES string of the molecule is COc1cc(Cl)ccc1C(=O)NCCc1cc(F)cc(F)c1. The fraction of sp³-hybridized carbons (Fsp3) is 0.188. The molecule has 0 bridgehead atoms. The van der Waals surface area contributed by atoms with Crippen LogP contribution in [0, 0.1) is 11.6 Å². The summed E-state index contributed by atoms with van der Waals surface area (Å²) in [6, 6.07) is 7.95. The Balaban J connectivity index is 1.98. The molecular formula is C16H14ClF2NO2. The maximum absolute atomic E-state index is 13.1. The molecule has 1 N–H and O–H groups in total. The molecular weight excluding hydrogens is 312 g/mol. The second-order valence-corrected chi connectivity index (χ2v) is 5.06. The van der Waals surface area contributed by atoms with Crippen LogP contribution in [0.2, 0.25) is 5.02 Å². The van der Waals surface area contributed by atoms with Gasteiger partial charge in [0, 0.05) is 17.6 Å². The number of carbonyl (C=O) groups excluding carboxylic acids is 1. The zero-order valence-electron chi connectivity index (χ0n) is 11.8. The highest BCUT2D eigenvalue weighted by molar-refractivity contribution is 6.30. The minimum atomic E-state index is -0.638. The molecule has 0 spiro atoms. The number of carbonyl (C=O) groups is 1. The van der Waals surface area contributed by atoms with Crippen molar-refractivity contribution in [2.24, 2.45) is 0 Å². The molecule has 0 aliphatic heterocycles. The summed E-state index contributed by atoms with van der Waals surface area (Å²) in [6.07, 6.45) is 0.316. The van der Waals surface area contributed by atoms with Crippen LogP contribution in [-0.4, -0.2) is 19.6 Å². The Bertz CT molecular complexity index is 672. The quantitative estimate of drug-likeness (QED) is 0.912. The maximum Gasteiger partial charge on any atom is 0.255 e. The van der Waals surface area contributed by atoms with Crippen molar-refractivity contribution in [2.75, 3.05) is 13.7 Å². The molecule has 116 valence electrons. The normalized spacial score (nSPS) is 10.4. The maximum atomic E-state index is 13.1. The molecule has 0 heterocycles. The Morgan fingerprint density at radius 3 is 2.50 bits per heavy atom.